The van der Waals surface area contributed by atoms with Crippen LogP contribution in [0, 0.1) is 6.92 Å². The van der Waals surface area contributed by atoms with E-state index in [4.69, 9.17) is 4.74 Å². The first-order valence-electron chi connectivity index (χ1n) is 7.58. The van der Waals surface area contributed by atoms with Gasteiger partial charge in [0.15, 0.2) is 0 Å². The highest BCUT2D eigenvalue weighted by Crippen LogP contribution is 2.15. The number of ether oxygens (including phenoxy) is 1. The van der Waals surface area contributed by atoms with Crippen LogP contribution in [0.15, 0.2) is 24.3 Å². The summed E-state index contributed by atoms with van der Waals surface area (Å²) in [7, 11) is 0. The molecule has 2 rings (SSSR count). The molecule has 1 aliphatic heterocycles. The van der Waals surface area contributed by atoms with E-state index in [-0.39, 0.29) is 5.91 Å². The van der Waals surface area contributed by atoms with Crippen molar-refractivity contribution in [2.24, 2.45) is 0 Å². The molecule has 0 saturated carbocycles. The molecule has 0 N–H and O–H groups in total. The molecule has 0 atom stereocenters. The summed E-state index contributed by atoms with van der Waals surface area (Å²) in [5.41, 5.74) is 1.26. The first-order valence-corrected chi connectivity index (χ1v) is 7.58. The zero-order chi connectivity index (χ0) is 14.2. The van der Waals surface area contributed by atoms with E-state index in [2.05, 4.69) is 19.1 Å². The molecule has 1 aliphatic rings. The average molecular weight is 274 g/mol. The third-order valence-electron chi connectivity index (χ3n) is 3.63. The van der Waals surface area contributed by atoms with Crippen molar-refractivity contribution in [3.05, 3.63) is 36.8 Å². The van der Waals surface area contributed by atoms with Gasteiger partial charge in [-0.1, -0.05) is 19.1 Å². The van der Waals surface area contributed by atoms with Gasteiger partial charge in [-0.25, -0.2) is 0 Å². The summed E-state index contributed by atoms with van der Waals surface area (Å²) in [6.45, 7) is 6.34. The maximum absolute atomic E-state index is 11.9. The van der Waals surface area contributed by atoms with Crippen LogP contribution in [0.25, 0.3) is 0 Å². The Morgan fingerprint density at radius 2 is 2.10 bits per heavy atom. The van der Waals surface area contributed by atoms with Crippen molar-refractivity contribution in [2.45, 2.75) is 38.5 Å². The smallest absolute Gasteiger partial charge is 0.222 e. The van der Waals surface area contributed by atoms with Crippen molar-refractivity contribution < 1.29 is 9.53 Å². The summed E-state index contributed by atoms with van der Waals surface area (Å²) < 4.78 is 5.71. The minimum Gasteiger partial charge on any atom is -0.494 e. The fourth-order valence-electron chi connectivity index (χ4n) is 2.53. The van der Waals surface area contributed by atoms with E-state index in [1.54, 1.807) is 0 Å². The molecule has 0 spiro atoms. The highest BCUT2D eigenvalue weighted by atomic mass is 16.5. The van der Waals surface area contributed by atoms with Crippen molar-refractivity contribution in [1.29, 1.82) is 0 Å². The highest BCUT2D eigenvalue weighted by molar-refractivity contribution is 5.76. The molecule has 0 unspecified atom stereocenters. The monoisotopic (exact) mass is 274 g/mol. The second-order valence-corrected chi connectivity index (χ2v) is 5.29. The maximum atomic E-state index is 11.9. The number of likely N-dealkylation sites (tertiary alicyclic amines) is 1. The quantitative estimate of drug-likeness (QED) is 0.714. The predicted octanol–water partition coefficient (Wildman–Crippen LogP) is 3.23. The van der Waals surface area contributed by atoms with Gasteiger partial charge >= 0.3 is 0 Å². The Morgan fingerprint density at radius 3 is 2.85 bits per heavy atom. The van der Waals surface area contributed by atoms with Gasteiger partial charge in [0.05, 0.1) is 6.61 Å². The van der Waals surface area contributed by atoms with E-state index in [1.165, 1.54) is 5.56 Å². The Bertz CT molecular complexity index is 425. The molecule has 1 amide bonds. The van der Waals surface area contributed by atoms with E-state index in [0.717, 1.165) is 50.9 Å². The van der Waals surface area contributed by atoms with Crippen LogP contribution in [-0.2, 0) is 11.2 Å². The molecule has 1 aromatic rings. The Hall–Kier alpha value is -1.51. The fraction of sp³-hybridized carbons (Fsp3) is 0.529. The van der Waals surface area contributed by atoms with Gasteiger partial charge in [0, 0.05) is 19.5 Å². The standard InChI is InChI=1S/C17H24NO2/c1-2-7-15-8-5-9-16(14-15)20-13-6-10-17(19)18-11-3-4-12-18/h5,8-9,14H,1-4,6-7,10-13H2. The summed E-state index contributed by atoms with van der Waals surface area (Å²) in [5, 5.41) is 0. The molecule has 1 radical (unpaired) electrons. The summed E-state index contributed by atoms with van der Waals surface area (Å²) >= 11 is 0. The van der Waals surface area contributed by atoms with Gasteiger partial charge in [0.1, 0.15) is 5.75 Å². The Kier molecular flexibility index (Phi) is 5.90. The Morgan fingerprint density at radius 1 is 1.30 bits per heavy atom. The van der Waals surface area contributed by atoms with Crippen LogP contribution < -0.4 is 4.74 Å². The molecule has 3 nitrogen and oxygen atoms in total. The Labute approximate surface area is 121 Å². The van der Waals surface area contributed by atoms with Gasteiger partial charge in [-0.15, -0.1) is 0 Å². The maximum Gasteiger partial charge on any atom is 0.222 e. The number of carbonyl (C=O) groups is 1. The number of carbonyl (C=O) groups excluding carboxylic acids is 1. The van der Waals surface area contributed by atoms with E-state index >= 15 is 0 Å². The molecule has 1 saturated heterocycles. The van der Waals surface area contributed by atoms with Crippen molar-refractivity contribution in [1.82, 2.24) is 4.90 Å². The van der Waals surface area contributed by atoms with Crippen LogP contribution in [0.4, 0.5) is 0 Å². The third kappa shape index (κ3) is 4.55. The lowest BCUT2D eigenvalue weighted by atomic mass is 10.1. The molecule has 3 heteroatoms. The molecule has 0 bridgehead atoms. The van der Waals surface area contributed by atoms with Crippen LogP contribution in [0.2, 0.25) is 0 Å². The second-order valence-electron chi connectivity index (χ2n) is 5.29. The SMILES string of the molecule is [CH2]CCc1cccc(OCCCC(=O)N2CCCC2)c1. The fourth-order valence-corrected chi connectivity index (χ4v) is 2.53. The molecule has 20 heavy (non-hydrogen) atoms. The van der Waals surface area contributed by atoms with Crippen LogP contribution in [0.3, 0.4) is 0 Å². The van der Waals surface area contributed by atoms with Gasteiger partial charge < -0.3 is 9.64 Å². The highest BCUT2D eigenvalue weighted by Gasteiger charge is 2.16. The molecule has 1 aromatic carbocycles. The number of benzene rings is 1. The van der Waals surface area contributed by atoms with Crippen LogP contribution >= 0.6 is 0 Å². The Balaban J connectivity index is 1.67. The number of hydrogen-bond donors (Lipinski definition) is 0. The number of hydrogen-bond acceptors (Lipinski definition) is 2. The summed E-state index contributed by atoms with van der Waals surface area (Å²) in [4.78, 5) is 13.8. The minimum absolute atomic E-state index is 0.275. The van der Waals surface area contributed by atoms with Crippen molar-refractivity contribution in [3.8, 4) is 5.75 Å². The number of rotatable bonds is 7. The first kappa shape index (κ1) is 14.9. The van der Waals surface area contributed by atoms with Gasteiger partial charge in [0.2, 0.25) is 5.91 Å². The largest absolute Gasteiger partial charge is 0.494 e. The predicted molar refractivity (Wildman–Crippen MR) is 80.7 cm³/mol. The summed E-state index contributed by atoms with van der Waals surface area (Å²) in [6, 6.07) is 8.13. The molecular formula is C17H24NO2. The van der Waals surface area contributed by atoms with Gasteiger partial charge in [-0.2, -0.15) is 0 Å². The third-order valence-corrected chi connectivity index (χ3v) is 3.63. The van der Waals surface area contributed by atoms with Gasteiger partial charge in [-0.05, 0) is 49.8 Å². The van der Waals surface area contributed by atoms with Gasteiger partial charge in [-0.3, -0.25) is 4.79 Å². The van der Waals surface area contributed by atoms with Crippen LogP contribution in [0.1, 0.15) is 37.7 Å². The summed E-state index contributed by atoms with van der Waals surface area (Å²) in [5.74, 6) is 1.17. The second kappa shape index (κ2) is 7.93. The van der Waals surface area contributed by atoms with Crippen LogP contribution in [0.5, 0.6) is 5.75 Å². The van der Waals surface area contributed by atoms with Gasteiger partial charge in [0.25, 0.3) is 0 Å². The van der Waals surface area contributed by atoms with Crippen molar-refractivity contribution in [3.63, 3.8) is 0 Å². The zero-order valence-corrected chi connectivity index (χ0v) is 12.1. The lowest BCUT2D eigenvalue weighted by Gasteiger charge is -2.15. The van der Waals surface area contributed by atoms with Crippen molar-refractivity contribution >= 4 is 5.91 Å². The normalized spacial score (nSPS) is 14.6. The molecular weight excluding hydrogens is 250 g/mol. The van der Waals surface area contributed by atoms with E-state index in [0.29, 0.717) is 13.0 Å². The minimum atomic E-state index is 0.275. The lowest BCUT2D eigenvalue weighted by molar-refractivity contribution is -0.130. The topological polar surface area (TPSA) is 29.5 Å². The number of amides is 1. The summed E-state index contributed by atoms with van der Waals surface area (Å²) in [6.07, 6.45) is 5.56. The van der Waals surface area contributed by atoms with E-state index in [9.17, 15) is 4.79 Å². The molecule has 1 fully saturated rings. The molecule has 0 aliphatic carbocycles. The molecule has 109 valence electrons. The van der Waals surface area contributed by atoms with Crippen molar-refractivity contribution in [2.75, 3.05) is 19.7 Å². The van der Waals surface area contributed by atoms with E-state index in [1.807, 2.05) is 17.0 Å². The molecule has 0 aromatic heterocycles. The number of nitrogens with zero attached hydrogens (tertiary/aromatic N) is 1. The van der Waals surface area contributed by atoms with E-state index < -0.39 is 0 Å². The number of aryl methyl sites for hydroxylation is 1. The zero-order valence-electron chi connectivity index (χ0n) is 12.1. The molecule has 1 heterocycles. The first-order chi connectivity index (χ1) is 9.79. The lowest BCUT2D eigenvalue weighted by Crippen LogP contribution is -2.27. The average Bonchev–Trinajstić information content (AvgIpc) is 2.98. The van der Waals surface area contributed by atoms with Crippen LogP contribution in [-0.4, -0.2) is 30.5 Å².